The Morgan fingerprint density at radius 3 is 2.33 bits per heavy atom. The summed E-state index contributed by atoms with van der Waals surface area (Å²) in [5, 5.41) is 15.0. The Morgan fingerprint density at radius 2 is 1.64 bits per heavy atom. The van der Waals surface area contributed by atoms with Crippen LogP contribution < -0.4 is 10.6 Å². The number of anilines is 1. The maximum Gasteiger partial charge on any atom is 0.251 e. The fraction of sp³-hybridized carbons (Fsp3) is 0.267. The third kappa shape index (κ3) is 6.89. The Labute approximate surface area is 250 Å². The summed E-state index contributed by atoms with van der Waals surface area (Å²) in [4.78, 5) is 25.9. The van der Waals surface area contributed by atoms with Crippen LogP contribution in [0.4, 0.5) is 5.69 Å². The molecule has 4 rings (SSSR count). The lowest BCUT2D eigenvalue weighted by Crippen LogP contribution is -2.25. The second-order valence-corrected chi connectivity index (χ2v) is 13.2. The second-order valence-electron chi connectivity index (χ2n) is 10.1. The smallest absolute Gasteiger partial charge is 0.251 e. The topological polar surface area (TPSA) is 126 Å². The molecule has 0 aliphatic heterocycles. The first-order valence-corrected chi connectivity index (χ1v) is 15.6. The van der Waals surface area contributed by atoms with Gasteiger partial charge in [0.15, 0.2) is 11.0 Å². The van der Waals surface area contributed by atoms with E-state index in [0.717, 1.165) is 37.9 Å². The number of carbonyl (C=O) groups excluding carboxylic acids is 2. The zero-order valence-electron chi connectivity index (χ0n) is 24.4. The molecule has 0 aliphatic carbocycles. The number of amides is 2. The van der Waals surface area contributed by atoms with Crippen LogP contribution >= 0.6 is 11.8 Å². The van der Waals surface area contributed by atoms with Crippen LogP contribution in [0.2, 0.25) is 0 Å². The molecule has 0 radical (unpaired) electrons. The summed E-state index contributed by atoms with van der Waals surface area (Å²) >= 11 is 1.26. The Balaban J connectivity index is 1.53. The number of hydrogen-bond donors (Lipinski definition) is 2. The quantitative estimate of drug-likeness (QED) is 0.256. The van der Waals surface area contributed by atoms with Gasteiger partial charge in [0.25, 0.3) is 5.91 Å². The molecule has 0 bridgehead atoms. The van der Waals surface area contributed by atoms with Gasteiger partial charge in [-0.1, -0.05) is 36.0 Å². The standard InChI is InChI=1S/C30H34N6O4S2/c1-19-10-11-21(3)25(16-19)32-28(37)18-41-30-34-33-27(36(30)26-9-7-8-20(2)22(26)4)17-31-29(38)23-12-14-24(15-13-23)42(39,40)35(5)6/h7-16H,17-18H2,1-6H3,(H,31,38)(H,32,37). The molecule has 0 unspecified atom stereocenters. The van der Waals surface area contributed by atoms with Crippen LogP contribution in [0.5, 0.6) is 0 Å². The van der Waals surface area contributed by atoms with Crippen molar-refractivity contribution in [1.29, 1.82) is 0 Å². The van der Waals surface area contributed by atoms with E-state index >= 15 is 0 Å². The number of nitrogens with one attached hydrogen (secondary N) is 2. The van der Waals surface area contributed by atoms with Crippen LogP contribution in [0.25, 0.3) is 5.69 Å². The highest BCUT2D eigenvalue weighted by molar-refractivity contribution is 7.99. The highest BCUT2D eigenvalue weighted by Crippen LogP contribution is 2.26. The van der Waals surface area contributed by atoms with Gasteiger partial charge in [-0.3, -0.25) is 14.2 Å². The minimum absolute atomic E-state index is 0.0617. The molecule has 42 heavy (non-hydrogen) atoms. The first kappa shape index (κ1) is 30.9. The Morgan fingerprint density at radius 1 is 0.929 bits per heavy atom. The van der Waals surface area contributed by atoms with Crippen molar-refractivity contribution in [2.75, 3.05) is 25.2 Å². The molecular formula is C30H34N6O4S2. The van der Waals surface area contributed by atoms with Gasteiger partial charge in [0.05, 0.1) is 22.9 Å². The van der Waals surface area contributed by atoms with Gasteiger partial charge in [0.1, 0.15) is 0 Å². The van der Waals surface area contributed by atoms with E-state index < -0.39 is 10.0 Å². The minimum atomic E-state index is -3.60. The average molecular weight is 607 g/mol. The molecule has 0 aliphatic rings. The third-order valence-electron chi connectivity index (χ3n) is 6.82. The highest BCUT2D eigenvalue weighted by Gasteiger charge is 2.20. The molecule has 3 aromatic carbocycles. The molecule has 0 atom stereocenters. The first-order valence-electron chi connectivity index (χ1n) is 13.2. The maximum atomic E-state index is 12.9. The van der Waals surface area contributed by atoms with Crippen molar-refractivity contribution in [2.45, 2.75) is 44.3 Å². The second kappa shape index (κ2) is 12.9. The predicted octanol–water partition coefficient (Wildman–Crippen LogP) is 4.41. The lowest BCUT2D eigenvalue weighted by molar-refractivity contribution is -0.113. The lowest BCUT2D eigenvalue weighted by atomic mass is 10.1. The zero-order chi connectivity index (χ0) is 30.6. The van der Waals surface area contributed by atoms with Gasteiger partial charge in [0.2, 0.25) is 15.9 Å². The monoisotopic (exact) mass is 606 g/mol. The van der Waals surface area contributed by atoms with Gasteiger partial charge in [-0.25, -0.2) is 12.7 Å². The number of aryl methyl sites for hydroxylation is 3. The van der Waals surface area contributed by atoms with Crippen LogP contribution in [-0.4, -0.2) is 59.2 Å². The van der Waals surface area contributed by atoms with Crippen molar-refractivity contribution in [2.24, 2.45) is 0 Å². The van der Waals surface area contributed by atoms with Crippen molar-refractivity contribution < 1.29 is 18.0 Å². The van der Waals surface area contributed by atoms with E-state index in [4.69, 9.17) is 0 Å². The molecule has 2 N–H and O–H groups in total. The fourth-order valence-corrected chi connectivity index (χ4v) is 5.83. The average Bonchev–Trinajstić information content (AvgIpc) is 3.36. The van der Waals surface area contributed by atoms with Gasteiger partial charge >= 0.3 is 0 Å². The molecule has 0 fully saturated rings. The molecule has 4 aromatic rings. The molecule has 0 saturated carbocycles. The number of thioether (sulfide) groups is 1. The number of sulfonamides is 1. The number of benzene rings is 3. The number of nitrogens with zero attached hydrogens (tertiary/aromatic N) is 4. The molecule has 1 aromatic heterocycles. The van der Waals surface area contributed by atoms with Crippen LogP contribution in [0, 0.1) is 27.7 Å². The van der Waals surface area contributed by atoms with Gasteiger partial charge in [-0.2, -0.15) is 0 Å². The van der Waals surface area contributed by atoms with Crippen LogP contribution in [0.3, 0.4) is 0 Å². The molecule has 0 spiro atoms. The predicted molar refractivity (Wildman–Crippen MR) is 165 cm³/mol. The van der Waals surface area contributed by atoms with E-state index in [1.165, 1.54) is 50.1 Å². The van der Waals surface area contributed by atoms with Gasteiger partial charge in [0, 0.05) is 25.3 Å². The Hall–Kier alpha value is -4.00. The molecule has 1 heterocycles. The van der Waals surface area contributed by atoms with Crippen LogP contribution in [-0.2, 0) is 21.4 Å². The van der Waals surface area contributed by atoms with Gasteiger partial charge < -0.3 is 10.6 Å². The molecule has 220 valence electrons. The molecule has 0 saturated heterocycles. The normalized spacial score (nSPS) is 11.5. The van der Waals surface area contributed by atoms with Gasteiger partial charge in [-0.15, -0.1) is 10.2 Å². The lowest BCUT2D eigenvalue weighted by Gasteiger charge is -2.15. The summed E-state index contributed by atoms with van der Waals surface area (Å²) in [5.41, 5.74) is 6.05. The summed E-state index contributed by atoms with van der Waals surface area (Å²) in [7, 11) is -0.699. The molecule has 2 amide bonds. The first-order chi connectivity index (χ1) is 19.9. The summed E-state index contributed by atoms with van der Waals surface area (Å²) in [6.07, 6.45) is 0. The fourth-order valence-electron chi connectivity index (χ4n) is 4.17. The number of rotatable bonds is 10. The summed E-state index contributed by atoms with van der Waals surface area (Å²) in [6, 6.07) is 17.5. The van der Waals surface area contributed by atoms with Crippen molar-refractivity contribution in [3.63, 3.8) is 0 Å². The molecule has 12 heteroatoms. The van der Waals surface area contributed by atoms with Crippen molar-refractivity contribution in [3.8, 4) is 5.69 Å². The van der Waals surface area contributed by atoms with E-state index in [9.17, 15) is 18.0 Å². The van der Waals surface area contributed by atoms with E-state index in [-0.39, 0.29) is 29.0 Å². The largest absolute Gasteiger partial charge is 0.345 e. The van der Waals surface area contributed by atoms with Crippen molar-refractivity contribution in [3.05, 3.63) is 94.3 Å². The maximum absolute atomic E-state index is 12.9. The minimum Gasteiger partial charge on any atom is -0.345 e. The van der Waals surface area contributed by atoms with E-state index in [1.807, 2.05) is 68.7 Å². The van der Waals surface area contributed by atoms with E-state index in [2.05, 4.69) is 20.8 Å². The highest BCUT2D eigenvalue weighted by atomic mass is 32.2. The third-order valence-corrected chi connectivity index (χ3v) is 9.58. The van der Waals surface area contributed by atoms with E-state index in [0.29, 0.717) is 16.5 Å². The number of aromatic nitrogens is 3. The SMILES string of the molecule is Cc1ccc(C)c(NC(=O)CSc2nnc(CNC(=O)c3ccc(S(=O)(=O)N(C)C)cc3)n2-c2cccc(C)c2C)c1. The van der Waals surface area contributed by atoms with E-state index in [1.54, 1.807) is 0 Å². The summed E-state index contributed by atoms with van der Waals surface area (Å²) < 4.78 is 27.7. The van der Waals surface area contributed by atoms with Crippen LogP contribution in [0.15, 0.2) is 70.7 Å². The Bertz CT molecular complexity index is 1730. The summed E-state index contributed by atoms with van der Waals surface area (Å²) in [5.74, 6) is 0.0480. The summed E-state index contributed by atoms with van der Waals surface area (Å²) in [6.45, 7) is 7.99. The number of hydrogen-bond acceptors (Lipinski definition) is 7. The molecular weight excluding hydrogens is 573 g/mol. The molecule has 10 nitrogen and oxygen atoms in total. The Kier molecular flexibility index (Phi) is 9.50. The van der Waals surface area contributed by atoms with Gasteiger partial charge in [-0.05, 0) is 86.3 Å². The van der Waals surface area contributed by atoms with Crippen molar-refractivity contribution in [1.82, 2.24) is 24.4 Å². The number of carbonyl (C=O) groups is 2. The van der Waals surface area contributed by atoms with Crippen LogP contribution in [0.1, 0.15) is 38.4 Å². The van der Waals surface area contributed by atoms with Crippen molar-refractivity contribution >= 4 is 39.3 Å². The zero-order valence-corrected chi connectivity index (χ0v) is 26.1.